The summed E-state index contributed by atoms with van der Waals surface area (Å²) in [5, 5.41) is 3.72. The highest BCUT2D eigenvalue weighted by atomic mass is 19.4. The number of nitrogens with zero attached hydrogens (tertiary/aromatic N) is 2. The van der Waals surface area contributed by atoms with Crippen molar-refractivity contribution in [1.29, 1.82) is 0 Å². The molecule has 1 aromatic heterocycles. The fourth-order valence-electron chi connectivity index (χ4n) is 2.84. The Morgan fingerprint density at radius 1 is 1.40 bits per heavy atom. The van der Waals surface area contributed by atoms with Gasteiger partial charge in [0.2, 0.25) is 11.7 Å². The third-order valence-electron chi connectivity index (χ3n) is 3.94. The van der Waals surface area contributed by atoms with Gasteiger partial charge in [-0.1, -0.05) is 5.16 Å². The zero-order valence-electron chi connectivity index (χ0n) is 10.7. The Labute approximate surface area is 112 Å². The van der Waals surface area contributed by atoms with E-state index in [0.29, 0.717) is 5.82 Å². The number of rotatable bonds is 3. The Morgan fingerprint density at radius 2 is 2.15 bits per heavy atom. The summed E-state index contributed by atoms with van der Waals surface area (Å²) in [6.07, 6.45) is -2.06. The minimum atomic E-state index is -4.90. The zero-order valence-corrected chi connectivity index (χ0v) is 10.7. The van der Waals surface area contributed by atoms with Crippen molar-refractivity contribution < 1.29 is 27.2 Å². The lowest BCUT2D eigenvalue weighted by Crippen LogP contribution is -2.27. The summed E-state index contributed by atoms with van der Waals surface area (Å²) in [6.45, 7) is 1.12. The van der Waals surface area contributed by atoms with Crippen LogP contribution in [0.5, 0.6) is 0 Å². The number of alkyl halides is 3. The van der Waals surface area contributed by atoms with Crippen LogP contribution in [0.1, 0.15) is 49.7 Å². The normalized spacial score (nSPS) is 30.7. The van der Waals surface area contributed by atoms with Gasteiger partial charge in [-0.05, 0) is 26.2 Å². The average Bonchev–Trinajstić information content (AvgIpc) is 3.10. The first kappa shape index (κ1) is 13.5. The topological polar surface area (TPSA) is 65.2 Å². The summed E-state index contributed by atoms with van der Waals surface area (Å²) in [5.41, 5.74) is 0. The van der Waals surface area contributed by atoms with E-state index in [1.165, 1.54) is 0 Å². The SMILES string of the molecule is CC(C(=O)C(F)(F)F)c1nc(C2CC3CCC2O3)no1. The van der Waals surface area contributed by atoms with Crippen LogP contribution in [0.25, 0.3) is 0 Å². The molecule has 110 valence electrons. The number of hydrogen-bond donors (Lipinski definition) is 0. The fraction of sp³-hybridized carbons (Fsp3) is 0.750. The first-order chi connectivity index (χ1) is 9.36. The molecule has 0 amide bonds. The predicted molar refractivity (Wildman–Crippen MR) is 59.0 cm³/mol. The van der Waals surface area contributed by atoms with E-state index in [2.05, 4.69) is 10.1 Å². The van der Waals surface area contributed by atoms with Gasteiger partial charge in [-0.25, -0.2) is 0 Å². The number of hydrogen-bond acceptors (Lipinski definition) is 5. The lowest BCUT2D eigenvalue weighted by Gasteiger charge is -2.13. The molecule has 2 fully saturated rings. The highest BCUT2D eigenvalue weighted by Gasteiger charge is 2.46. The van der Waals surface area contributed by atoms with Gasteiger partial charge in [0.25, 0.3) is 0 Å². The summed E-state index contributed by atoms with van der Waals surface area (Å²) in [7, 11) is 0. The van der Waals surface area contributed by atoms with Gasteiger partial charge in [0.15, 0.2) is 5.82 Å². The van der Waals surface area contributed by atoms with Gasteiger partial charge < -0.3 is 9.26 Å². The van der Waals surface area contributed by atoms with Gasteiger partial charge in [-0.15, -0.1) is 0 Å². The molecule has 20 heavy (non-hydrogen) atoms. The van der Waals surface area contributed by atoms with E-state index in [0.717, 1.165) is 26.2 Å². The molecule has 1 aromatic rings. The number of ketones is 1. The minimum absolute atomic E-state index is 0.0130. The number of aromatic nitrogens is 2. The quantitative estimate of drug-likeness (QED) is 0.855. The highest BCUT2D eigenvalue weighted by Crippen LogP contribution is 2.43. The smallest absolute Gasteiger partial charge is 0.374 e. The second kappa shape index (κ2) is 4.54. The molecular weight excluding hydrogens is 277 g/mol. The number of ether oxygens (including phenoxy) is 1. The maximum absolute atomic E-state index is 12.4. The van der Waals surface area contributed by atoms with Crippen molar-refractivity contribution in [2.24, 2.45) is 0 Å². The van der Waals surface area contributed by atoms with Crippen molar-refractivity contribution in [3.8, 4) is 0 Å². The highest BCUT2D eigenvalue weighted by molar-refractivity contribution is 5.89. The van der Waals surface area contributed by atoms with Gasteiger partial charge in [0.1, 0.15) is 5.92 Å². The van der Waals surface area contributed by atoms with Gasteiger partial charge in [0, 0.05) is 0 Å². The molecule has 0 aliphatic carbocycles. The Balaban J connectivity index is 1.75. The molecule has 2 saturated heterocycles. The molecule has 0 spiro atoms. The molecule has 4 unspecified atom stereocenters. The average molecular weight is 290 g/mol. The summed E-state index contributed by atoms with van der Waals surface area (Å²) in [4.78, 5) is 15.1. The Bertz CT molecular complexity index is 528. The third-order valence-corrected chi connectivity index (χ3v) is 3.94. The molecule has 0 saturated carbocycles. The van der Waals surface area contributed by atoms with E-state index >= 15 is 0 Å². The summed E-state index contributed by atoms with van der Waals surface area (Å²) in [6, 6.07) is 0. The van der Waals surface area contributed by atoms with Crippen molar-refractivity contribution >= 4 is 5.78 Å². The number of halogens is 3. The van der Waals surface area contributed by atoms with Gasteiger partial charge in [-0.2, -0.15) is 18.2 Å². The van der Waals surface area contributed by atoms with Crippen LogP contribution in [0, 0.1) is 0 Å². The zero-order chi connectivity index (χ0) is 14.5. The maximum atomic E-state index is 12.4. The minimum Gasteiger partial charge on any atom is -0.374 e. The van der Waals surface area contributed by atoms with Crippen LogP contribution >= 0.6 is 0 Å². The summed E-state index contributed by atoms with van der Waals surface area (Å²) in [5.74, 6) is -3.34. The Hall–Kier alpha value is -1.44. The molecule has 2 bridgehead atoms. The molecular formula is C12H13F3N2O3. The summed E-state index contributed by atoms with van der Waals surface area (Å²) >= 11 is 0. The molecule has 0 radical (unpaired) electrons. The van der Waals surface area contributed by atoms with Gasteiger partial charge in [-0.3, -0.25) is 4.79 Å². The van der Waals surface area contributed by atoms with Crippen LogP contribution in [0.3, 0.4) is 0 Å². The molecule has 2 aliphatic heterocycles. The molecule has 0 N–H and O–H groups in total. The summed E-state index contributed by atoms with van der Waals surface area (Å²) < 4.78 is 47.5. The van der Waals surface area contributed by atoms with Crippen LogP contribution in [0.15, 0.2) is 4.52 Å². The van der Waals surface area contributed by atoms with E-state index in [1.54, 1.807) is 0 Å². The molecule has 5 nitrogen and oxygen atoms in total. The van der Waals surface area contributed by atoms with Crippen molar-refractivity contribution in [1.82, 2.24) is 10.1 Å². The van der Waals surface area contributed by atoms with Gasteiger partial charge >= 0.3 is 6.18 Å². The first-order valence-corrected chi connectivity index (χ1v) is 6.46. The number of Topliss-reactive ketones (excluding diaryl/α,β-unsaturated/α-hetero) is 1. The van der Waals surface area contributed by atoms with Crippen molar-refractivity contribution in [2.45, 2.75) is 56.4 Å². The monoisotopic (exact) mass is 290 g/mol. The van der Waals surface area contributed by atoms with E-state index < -0.39 is 17.9 Å². The molecule has 0 aromatic carbocycles. The number of carbonyl (C=O) groups is 1. The molecule has 2 aliphatic rings. The first-order valence-electron chi connectivity index (χ1n) is 6.46. The molecule has 3 rings (SSSR count). The number of carbonyl (C=O) groups excluding carboxylic acids is 1. The van der Waals surface area contributed by atoms with E-state index in [4.69, 9.17) is 9.26 Å². The second-order valence-corrected chi connectivity index (χ2v) is 5.29. The Morgan fingerprint density at radius 3 is 2.70 bits per heavy atom. The van der Waals surface area contributed by atoms with Crippen LogP contribution in [-0.2, 0) is 9.53 Å². The van der Waals surface area contributed by atoms with E-state index in [9.17, 15) is 18.0 Å². The van der Waals surface area contributed by atoms with Crippen LogP contribution in [-0.4, -0.2) is 34.3 Å². The van der Waals surface area contributed by atoms with E-state index in [-0.39, 0.29) is 24.0 Å². The standard InChI is InChI=1S/C12H13F3N2O3/c1-5(9(18)12(13,14)15)11-16-10(17-20-11)7-4-6-2-3-8(7)19-6/h5-8H,2-4H2,1H3. The Kier molecular flexibility index (Phi) is 3.07. The fourth-order valence-corrected chi connectivity index (χ4v) is 2.84. The van der Waals surface area contributed by atoms with Crippen molar-refractivity contribution in [2.75, 3.05) is 0 Å². The lowest BCUT2D eigenvalue weighted by molar-refractivity contribution is -0.172. The van der Waals surface area contributed by atoms with E-state index in [1.807, 2.05) is 0 Å². The largest absolute Gasteiger partial charge is 0.450 e. The molecule has 8 heteroatoms. The van der Waals surface area contributed by atoms with Gasteiger partial charge in [0.05, 0.1) is 18.1 Å². The van der Waals surface area contributed by atoms with Crippen LogP contribution in [0.2, 0.25) is 0 Å². The second-order valence-electron chi connectivity index (χ2n) is 5.29. The van der Waals surface area contributed by atoms with Crippen molar-refractivity contribution in [3.63, 3.8) is 0 Å². The number of fused-ring (bicyclic) bond motifs is 2. The van der Waals surface area contributed by atoms with Crippen molar-refractivity contribution in [3.05, 3.63) is 11.7 Å². The molecule has 3 heterocycles. The lowest BCUT2D eigenvalue weighted by atomic mass is 9.89. The molecule has 4 atom stereocenters. The van der Waals surface area contributed by atoms with Crippen LogP contribution in [0.4, 0.5) is 13.2 Å². The predicted octanol–water partition coefficient (Wildman–Crippen LogP) is 2.34. The van der Waals surface area contributed by atoms with Crippen LogP contribution < -0.4 is 0 Å². The third kappa shape index (κ3) is 2.21. The maximum Gasteiger partial charge on any atom is 0.450 e.